The van der Waals surface area contributed by atoms with Gasteiger partial charge in [-0.15, -0.1) is 0 Å². The van der Waals surface area contributed by atoms with Gasteiger partial charge in [-0.2, -0.15) is 0 Å². The first kappa shape index (κ1) is 10.9. The molecule has 4 aliphatic rings. The minimum absolute atomic E-state index is 0.0818. The average Bonchev–Trinajstić information content (AvgIpc) is 2.74. The molecule has 18 heavy (non-hydrogen) atoms. The maximum Gasteiger partial charge on any atom is 0.285 e. The molecule has 4 aliphatic carbocycles. The van der Waals surface area contributed by atoms with Crippen LogP contribution in [-0.4, -0.2) is 5.60 Å². The highest BCUT2D eigenvalue weighted by Crippen LogP contribution is 2.57. The maximum atomic E-state index is 6.27. The lowest BCUT2D eigenvalue weighted by molar-refractivity contribution is -0.116. The molecule has 2 N–H and O–H groups in total. The molecule has 0 radical (unpaired) electrons. The zero-order chi connectivity index (χ0) is 12.2. The van der Waals surface area contributed by atoms with E-state index in [1.807, 2.05) is 12.1 Å². The third kappa shape index (κ3) is 1.68. The predicted molar refractivity (Wildman–Crippen MR) is 68.1 cm³/mol. The Morgan fingerprint density at radius 3 is 2.22 bits per heavy atom. The number of rotatable bonds is 3. The van der Waals surface area contributed by atoms with Gasteiger partial charge < -0.3 is 14.9 Å². The van der Waals surface area contributed by atoms with Crippen molar-refractivity contribution in [3.05, 3.63) is 17.9 Å². The summed E-state index contributed by atoms with van der Waals surface area (Å²) in [4.78, 5) is 0. The van der Waals surface area contributed by atoms with Crippen molar-refractivity contribution in [3.63, 3.8) is 0 Å². The second-order valence-electron chi connectivity index (χ2n) is 6.63. The van der Waals surface area contributed by atoms with E-state index in [-0.39, 0.29) is 5.60 Å². The first-order chi connectivity index (χ1) is 8.75. The van der Waals surface area contributed by atoms with Crippen LogP contribution in [0.15, 0.2) is 16.5 Å². The van der Waals surface area contributed by atoms with Crippen LogP contribution in [0.3, 0.4) is 0 Å². The fourth-order valence-corrected chi connectivity index (χ4v) is 4.89. The molecular weight excluding hydrogens is 226 g/mol. The number of hydrogen-bond acceptors (Lipinski definition) is 3. The van der Waals surface area contributed by atoms with E-state index >= 15 is 0 Å². The first-order valence-electron chi connectivity index (χ1n) is 7.22. The summed E-state index contributed by atoms with van der Waals surface area (Å²) >= 11 is 0. The predicted octanol–water partition coefficient (Wildman–Crippen LogP) is 3.09. The Bertz CT molecular complexity index is 416. The summed E-state index contributed by atoms with van der Waals surface area (Å²) in [6.07, 6.45) is 8.02. The van der Waals surface area contributed by atoms with Gasteiger partial charge in [0.05, 0.1) is 6.54 Å². The number of ether oxygens (including phenoxy) is 1. The Balaban J connectivity index is 1.56. The van der Waals surface area contributed by atoms with Gasteiger partial charge in [0.25, 0.3) is 5.95 Å². The van der Waals surface area contributed by atoms with Gasteiger partial charge >= 0.3 is 0 Å². The average molecular weight is 247 g/mol. The largest absolute Gasteiger partial charge is 0.459 e. The van der Waals surface area contributed by atoms with Crippen molar-refractivity contribution in [1.29, 1.82) is 0 Å². The first-order valence-corrected chi connectivity index (χ1v) is 7.22. The van der Waals surface area contributed by atoms with E-state index in [4.69, 9.17) is 14.9 Å². The topological polar surface area (TPSA) is 48.4 Å². The van der Waals surface area contributed by atoms with Crippen molar-refractivity contribution in [1.82, 2.24) is 0 Å². The third-order valence-corrected chi connectivity index (χ3v) is 5.14. The minimum atomic E-state index is 0.0818. The van der Waals surface area contributed by atoms with Crippen LogP contribution in [0, 0.1) is 17.8 Å². The van der Waals surface area contributed by atoms with Crippen LogP contribution >= 0.6 is 0 Å². The van der Waals surface area contributed by atoms with Gasteiger partial charge in [-0.05, 0) is 62.3 Å². The van der Waals surface area contributed by atoms with E-state index in [0.717, 1.165) is 23.5 Å². The number of furan rings is 1. The fourth-order valence-electron chi connectivity index (χ4n) is 4.89. The SMILES string of the molecule is NCc1ccc(OC23CC4CC(CC(C4)C2)C3)o1. The van der Waals surface area contributed by atoms with Crippen LogP contribution in [0.4, 0.5) is 0 Å². The van der Waals surface area contributed by atoms with Crippen molar-refractivity contribution >= 4 is 0 Å². The van der Waals surface area contributed by atoms with Gasteiger partial charge in [0.15, 0.2) is 0 Å². The molecule has 0 aliphatic heterocycles. The second kappa shape index (κ2) is 3.77. The van der Waals surface area contributed by atoms with Crippen LogP contribution in [0.5, 0.6) is 5.95 Å². The molecule has 0 saturated heterocycles. The Kier molecular flexibility index (Phi) is 2.28. The highest BCUT2D eigenvalue weighted by molar-refractivity contribution is 5.15. The second-order valence-corrected chi connectivity index (χ2v) is 6.63. The molecule has 98 valence electrons. The van der Waals surface area contributed by atoms with Crippen LogP contribution in [0.2, 0.25) is 0 Å². The summed E-state index contributed by atoms with van der Waals surface area (Å²) in [5.74, 6) is 4.20. The molecule has 3 heteroatoms. The molecule has 3 nitrogen and oxygen atoms in total. The number of nitrogens with two attached hydrogens (primary N) is 1. The lowest BCUT2D eigenvalue weighted by Crippen LogP contribution is -2.53. The van der Waals surface area contributed by atoms with Gasteiger partial charge in [0, 0.05) is 6.07 Å². The molecule has 0 amide bonds. The van der Waals surface area contributed by atoms with Crippen LogP contribution in [-0.2, 0) is 6.54 Å². The zero-order valence-electron chi connectivity index (χ0n) is 10.7. The summed E-state index contributed by atoms with van der Waals surface area (Å²) < 4.78 is 11.9. The quantitative estimate of drug-likeness (QED) is 0.893. The molecule has 0 atom stereocenters. The Morgan fingerprint density at radius 1 is 1.11 bits per heavy atom. The third-order valence-electron chi connectivity index (χ3n) is 5.14. The molecule has 0 aromatic carbocycles. The molecule has 5 rings (SSSR count). The van der Waals surface area contributed by atoms with Gasteiger partial charge in [0.2, 0.25) is 0 Å². The van der Waals surface area contributed by atoms with E-state index < -0.39 is 0 Å². The standard InChI is InChI=1S/C15H21NO2/c16-9-13-1-2-14(17-13)18-15-6-10-3-11(7-15)5-12(4-10)8-15/h1-2,10-12H,3-9,16H2. The van der Waals surface area contributed by atoms with E-state index in [2.05, 4.69) is 0 Å². The van der Waals surface area contributed by atoms with Crippen molar-refractivity contribution in [3.8, 4) is 5.95 Å². The summed E-state index contributed by atoms with van der Waals surface area (Å²) in [5.41, 5.74) is 5.66. The summed E-state index contributed by atoms with van der Waals surface area (Å²) in [5, 5.41) is 0. The Labute approximate surface area is 108 Å². The maximum absolute atomic E-state index is 6.27. The Hall–Kier alpha value is -0.960. The van der Waals surface area contributed by atoms with E-state index in [1.54, 1.807) is 0 Å². The molecule has 0 unspecified atom stereocenters. The lowest BCUT2D eigenvalue weighted by Gasteiger charge is -2.55. The lowest BCUT2D eigenvalue weighted by atomic mass is 9.54. The summed E-state index contributed by atoms with van der Waals surface area (Å²) in [6, 6.07) is 3.86. The van der Waals surface area contributed by atoms with Gasteiger partial charge in [-0.3, -0.25) is 0 Å². The van der Waals surface area contributed by atoms with Gasteiger partial charge in [-0.25, -0.2) is 0 Å². The molecule has 4 saturated carbocycles. The zero-order valence-corrected chi connectivity index (χ0v) is 10.7. The molecule has 1 aromatic heterocycles. The molecule has 0 spiro atoms. The van der Waals surface area contributed by atoms with E-state index in [0.29, 0.717) is 12.5 Å². The van der Waals surface area contributed by atoms with E-state index in [9.17, 15) is 0 Å². The van der Waals surface area contributed by atoms with Crippen molar-refractivity contribution in [2.24, 2.45) is 23.5 Å². The summed E-state index contributed by atoms with van der Waals surface area (Å²) in [7, 11) is 0. The van der Waals surface area contributed by atoms with Gasteiger partial charge in [0.1, 0.15) is 11.4 Å². The smallest absolute Gasteiger partial charge is 0.285 e. The van der Waals surface area contributed by atoms with Gasteiger partial charge in [-0.1, -0.05) is 0 Å². The Morgan fingerprint density at radius 2 is 1.72 bits per heavy atom. The van der Waals surface area contributed by atoms with Crippen LogP contribution in [0.1, 0.15) is 44.3 Å². The number of hydrogen-bond donors (Lipinski definition) is 1. The highest BCUT2D eigenvalue weighted by atomic mass is 16.6. The minimum Gasteiger partial charge on any atom is -0.459 e. The van der Waals surface area contributed by atoms with Crippen molar-refractivity contribution in [2.45, 2.75) is 50.7 Å². The van der Waals surface area contributed by atoms with Crippen LogP contribution < -0.4 is 10.5 Å². The summed E-state index contributed by atoms with van der Waals surface area (Å²) in [6.45, 7) is 0.449. The fraction of sp³-hybridized carbons (Fsp3) is 0.733. The van der Waals surface area contributed by atoms with Crippen molar-refractivity contribution < 1.29 is 9.15 Å². The van der Waals surface area contributed by atoms with E-state index in [1.165, 1.54) is 38.5 Å². The van der Waals surface area contributed by atoms with Crippen LogP contribution in [0.25, 0.3) is 0 Å². The monoisotopic (exact) mass is 247 g/mol. The van der Waals surface area contributed by atoms with Crippen molar-refractivity contribution in [2.75, 3.05) is 0 Å². The molecule has 1 aromatic rings. The normalized spacial score (nSPS) is 41.3. The molecule has 4 bridgehead atoms. The molecule has 1 heterocycles. The highest BCUT2D eigenvalue weighted by Gasteiger charge is 2.52. The molecular formula is C15H21NO2. The molecule has 4 fully saturated rings.